The van der Waals surface area contributed by atoms with Gasteiger partial charge in [-0.3, -0.25) is 4.79 Å². The minimum Gasteiger partial charge on any atom is -0.508 e. The van der Waals surface area contributed by atoms with Crippen LogP contribution in [0, 0.1) is 6.92 Å². The quantitative estimate of drug-likeness (QED) is 0.504. The van der Waals surface area contributed by atoms with Crippen molar-refractivity contribution in [3.63, 3.8) is 0 Å². The molecular formula is C17H13N3O2. The number of hydrogen-bond acceptors (Lipinski definition) is 3. The molecule has 5 heteroatoms. The number of H-pyrrole nitrogens is 2. The van der Waals surface area contributed by atoms with Gasteiger partial charge in [0.05, 0.1) is 16.7 Å². The lowest BCUT2D eigenvalue weighted by molar-refractivity contribution is 0.476. The second-order valence-electron chi connectivity index (χ2n) is 5.29. The van der Waals surface area contributed by atoms with Crippen molar-refractivity contribution in [3.8, 4) is 17.1 Å². The molecule has 0 amide bonds. The molecule has 22 heavy (non-hydrogen) atoms. The number of rotatable bonds is 1. The third-order valence-electron chi connectivity index (χ3n) is 3.88. The molecule has 2 heterocycles. The average molecular weight is 291 g/mol. The zero-order chi connectivity index (χ0) is 15.3. The molecule has 0 atom stereocenters. The van der Waals surface area contributed by atoms with Crippen LogP contribution in [0.5, 0.6) is 5.75 Å². The maximum Gasteiger partial charge on any atom is 0.276 e. The number of nitrogens with one attached hydrogen (secondary N) is 2. The van der Waals surface area contributed by atoms with E-state index in [-0.39, 0.29) is 11.3 Å². The Bertz CT molecular complexity index is 1080. The van der Waals surface area contributed by atoms with Crippen LogP contribution >= 0.6 is 0 Å². The molecule has 0 fully saturated rings. The highest BCUT2D eigenvalue weighted by Crippen LogP contribution is 2.29. The van der Waals surface area contributed by atoms with Crippen molar-refractivity contribution in [2.45, 2.75) is 6.92 Å². The molecule has 5 nitrogen and oxygen atoms in total. The van der Waals surface area contributed by atoms with Gasteiger partial charge in [-0.05, 0) is 42.8 Å². The third-order valence-corrected chi connectivity index (χ3v) is 3.88. The molecule has 2 aromatic heterocycles. The first-order chi connectivity index (χ1) is 10.6. The Labute approximate surface area is 125 Å². The number of hydrogen-bond donors (Lipinski definition) is 3. The van der Waals surface area contributed by atoms with Crippen LogP contribution in [0.1, 0.15) is 5.56 Å². The Morgan fingerprint density at radius 1 is 1.05 bits per heavy atom. The van der Waals surface area contributed by atoms with Crippen molar-refractivity contribution in [2.24, 2.45) is 0 Å². The van der Waals surface area contributed by atoms with Gasteiger partial charge in [0.2, 0.25) is 0 Å². The van der Waals surface area contributed by atoms with Crippen molar-refractivity contribution in [1.82, 2.24) is 15.0 Å². The lowest BCUT2D eigenvalue weighted by Gasteiger charge is -2.02. The molecule has 0 saturated carbocycles. The van der Waals surface area contributed by atoms with E-state index in [2.05, 4.69) is 15.0 Å². The summed E-state index contributed by atoms with van der Waals surface area (Å²) in [5.41, 5.74) is 3.98. The molecular weight excluding hydrogens is 278 g/mol. The van der Waals surface area contributed by atoms with Crippen molar-refractivity contribution in [3.05, 3.63) is 58.4 Å². The molecule has 0 radical (unpaired) electrons. The predicted octanol–water partition coefficient (Wildman–Crippen LogP) is 3.09. The minimum absolute atomic E-state index is 0.196. The number of benzene rings is 2. The molecule has 0 aliphatic carbocycles. The van der Waals surface area contributed by atoms with Crippen LogP contribution in [0.3, 0.4) is 0 Å². The smallest absolute Gasteiger partial charge is 0.276 e. The molecule has 0 aliphatic rings. The highest BCUT2D eigenvalue weighted by molar-refractivity contribution is 5.91. The lowest BCUT2D eigenvalue weighted by atomic mass is 10.1. The molecule has 0 saturated heterocycles. The predicted molar refractivity (Wildman–Crippen MR) is 86.1 cm³/mol. The van der Waals surface area contributed by atoms with Crippen LogP contribution in [0.2, 0.25) is 0 Å². The van der Waals surface area contributed by atoms with Gasteiger partial charge in [0.15, 0.2) is 5.69 Å². The summed E-state index contributed by atoms with van der Waals surface area (Å²) >= 11 is 0. The first-order valence-corrected chi connectivity index (χ1v) is 6.94. The summed E-state index contributed by atoms with van der Waals surface area (Å²) in [4.78, 5) is 22.9. The summed E-state index contributed by atoms with van der Waals surface area (Å²) < 4.78 is 0. The lowest BCUT2D eigenvalue weighted by Crippen LogP contribution is -2.12. The molecule has 4 aromatic rings. The van der Waals surface area contributed by atoms with Crippen LogP contribution in [0.25, 0.3) is 33.3 Å². The number of aromatic nitrogens is 3. The van der Waals surface area contributed by atoms with Gasteiger partial charge in [-0.25, -0.2) is 4.98 Å². The van der Waals surface area contributed by atoms with E-state index in [9.17, 15) is 9.90 Å². The Morgan fingerprint density at radius 3 is 2.73 bits per heavy atom. The first-order valence-electron chi connectivity index (χ1n) is 6.94. The monoisotopic (exact) mass is 291 g/mol. The highest BCUT2D eigenvalue weighted by atomic mass is 16.3. The zero-order valence-electron chi connectivity index (χ0n) is 11.8. The topological polar surface area (TPSA) is 81.8 Å². The molecule has 4 rings (SSSR count). The van der Waals surface area contributed by atoms with Crippen molar-refractivity contribution in [1.29, 1.82) is 0 Å². The van der Waals surface area contributed by atoms with E-state index in [1.54, 1.807) is 18.2 Å². The van der Waals surface area contributed by atoms with Crippen LogP contribution in [-0.2, 0) is 0 Å². The fraction of sp³-hybridized carbons (Fsp3) is 0.0588. The van der Waals surface area contributed by atoms with Crippen LogP contribution in [-0.4, -0.2) is 20.1 Å². The van der Waals surface area contributed by atoms with Gasteiger partial charge in [-0.1, -0.05) is 12.1 Å². The maximum absolute atomic E-state index is 12.3. The largest absolute Gasteiger partial charge is 0.508 e. The van der Waals surface area contributed by atoms with E-state index < -0.39 is 0 Å². The van der Waals surface area contributed by atoms with E-state index in [0.717, 1.165) is 22.0 Å². The number of nitrogens with zero attached hydrogens (tertiary/aromatic N) is 1. The van der Waals surface area contributed by atoms with Gasteiger partial charge in [0, 0.05) is 10.9 Å². The van der Waals surface area contributed by atoms with Gasteiger partial charge in [0.1, 0.15) is 5.75 Å². The van der Waals surface area contributed by atoms with E-state index >= 15 is 0 Å². The third kappa shape index (κ3) is 1.79. The second-order valence-corrected chi connectivity index (χ2v) is 5.29. The second kappa shape index (κ2) is 4.46. The number of aromatic hydroxyl groups is 1. The Balaban J connectivity index is 2.04. The summed E-state index contributed by atoms with van der Waals surface area (Å²) in [5, 5.41) is 10.5. The van der Waals surface area contributed by atoms with Crippen molar-refractivity contribution >= 4 is 21.9 Å². The van der Waals surface area contributed by atoms with E-state index in [1.807, 2.05) is 31.2 Å². The summed E-state index contributed by atoms with van der Waals surface area (Å²) in [5.74, 6) is 0.196. The Kier molecular flexibility index (Phi) is 2.56. The number of para-hydroxylation sites is 2. The maximum atomic E-state index is 12.3. The molecule has 0 spiro atoms. The van der Waals surface area contributed by atoms with Crippen LogP contribution in [0.4, 0.5) is 0 Å². The number of phenolic OH excluding ortho intramolecular Hbond substituents is 1. The van der Waals surface area contributed by atoms with E-state index in [4.69, 9.17) is 0 Å². The van der Waals surface area contributed by atoms with Crippen LogP contribution < -0.4 is 5.56 Å². The first kappa shape index (κ1) is 12.6. The van der Waals surface area contributed by atoms with Gasteiger partial charge in [0.25, 0.3) is 5.56 Å². The number of aromatic amines is 2. The van der Waals surface area contributed by atoms with E-state index in [1.165, 1.54) is 0 Å². The van der Waals surface area contributed by atoms with Gasteiger partial charge < -0.3 is 15.1 Å². The normalized spacial score (nSPS) is 11.3. The summed E-state index contributed by atoms with van der Waals surface area (Å²) in [6.07, 6.45) is 0. The van der Waals surface area contributed by atoms with E-state index in [0.29, 0.717) is 16.9 Å². The molecule has 0 aliphatic heterocycles. The zero-order valence-corrected chi connectivity index (χ0v) is 11.8. The number of phenols is 1. The SMILES string of the molecule is Cc1c(-c2nc3ccccc3[nH]c2=O)[nH]c2ccc(O)cc12. The van der Waals surface area contributed by atoms with Crippen molar-refractivity contribution < 1.29 is 5.11 Å². The Hall–Kier alpha value is -3.08. The highest BCUT2D eigenvalue weighted by Gasteiger charge is 2.15. The summed E-state index contributed by atoms with van der Waals surface area (Å²) in [6, 6.07) is 12.5. The summed E-state index contributed by atoms with van der Waals surface area (Å²) in [6.45, 7) is 1.91. The fourth-order valence-electron chi connectivity index (χ4n) is 2.75. The molecule has 108 valence electrons. The molecule has 0 bridgehead atoms. The Morgan fingerprint density at radius 2 is 1.86 bits per heavy atom. The van der Waals surface area contributed by atoms with Gasteiger partial charge in [-0.15, -0.1) is 0 Å². The summed E-state index contributed by atoms with van der Waals surface area (Å²) in [7, 11) is 0. The van der Waals surface area contributed by atoms with Gasteiger partial charge >= 0.3 is 0 Å². The van der Waals surface area contributed by atoms with Crippen LogP contribution in [0.15, 0.2) is 47.3 Å². The average Bonchev–Trinajstić information content (AvgIpc) is 2.83. The van der Waals surface area contributed by atoms with Crippen molar-refractivity contribution in [2.75, 3.05) is 0 Å². The number of aryl methyl sites for hydroxylation is 1. The molecule has 3 N–H and O–H groups in total. The molecule has 2 aromatic carbocycles. The number of fused-ring (bicyclic) bond motifs is 2. The standard InChI is InChI=1S/C17H13N3O2/c1-9-11-8-10(21)6-7-12(11)18-15(9)16-17(22)20-14-5-3-2-4-13(14)19-16/h2-8,18,21H,1H3,(H,20,22). The van der Waals surface area contributed by atoms with Gasteiger partial charge in [-0.2, -0.15) is 0 Å². The molecule has 0 unspecified atom stereocenters. The fourth-order valence-corrected chi connectivity index (χ4v) is 2.75. The minimum atomic E-state index is -0.238.